The van der Waals surface area contributed by atoms with Gasteiger partial charge in [0.2, 0.25) is 5.88 Å². The lowest BCUT2D eigenvalue weighted by molar-refractivity contribution is 0.291. The quantitative estimate of drug-likeness (QED) is 0.623. The number of nitrogens with zero attached hydrogens (tertiary/aromatic N) is 2. The van der Waals surface area contributed by atoms with Crippen LogP contribution in [-0.4, -0.2) is 22.9 Å². The summed E-state index contributed by atoms with van der Waals surface area (Å²) in [5, 5.41) is 7.21. The van der Waals surface area contributed by atoms with Crippen molar-refractivity contribution < 1.29 is 9.47 Å². The summed E-state index contributed by atoms with van der Waals surface area (Å²) in [7, 11) is 1.62. The van der Waals surface area contributed by atoms with Gasteiger partial charge in [0.1, 0.15) is 23.9 Å². The van der Waals surface area contributed by atoms with Crippen molar-refractivity contribution >= 4 is 5.84 Å². The van der Waals surface area contributed by atoms with Gasteiger partial charge in [0, 0.05) is 0 Å². The van der Waals surface area contributed by atoms with Gasteiger partial charge >= 0.3 is 0 Å². The number of methoxy groups -OCH3 is 1. The van der Waals surface area contributed by atoms with Crippen LogP contribution in [0.25, 0.3) is 0 Å². The molecule has 6 nitrogen and oxygen atoms in total. The van der Waals surface area contributed by atoms with Gasteiger partial charge in [0.05, 0.1) is 19.5 Å². The Morgan fingerprint density at radius 1 is 1.32 bits per heavy atom. The van der Waals surface area contributed by atoms with Crippen molar-refractivity contribution in [3.8, 4) is 11.6 Å². The van der Waals surface area contributed by atoms with Crippen molar-refractivity contribution in [3.05, 3.63) is 47.9 Å². The van der Waals surface area contributed by atoms with E-state index in [2.05, 4.69) is 9.97 Å². The fourth-order valence-corrected chi connectivity index (χ4v) is 1.45. The molecule has 0 bridgehead atoms. The minimum absolute atomic E-state index is 0.119. The summed E-state index contributed by atoms with van der Waals surface area (Å²) in [6.07, 6.45) is 2.85. The molecule has 1 aromatic carbocycles. The molecule has 0 saturated carbocycles. The van der Waals surface area contributed by atoms with E-state index in [1.54, 1.807) is 7.11 Å². The zero-order chi connectivity index (χ0) is 13.7. The van der Waals surface area contributed by atoms with Crippen LogP contribution in [0.15, 0.2) is 36.7 Å². The molecule has 1 heterocycles. The Kier molecular flexibility index (Phi) is 3.92. The highest BCUT2D eigenvalue weighted by atomic mass is 16.5. The maximum atomic E-state index is 7.21. The fraction of sp³-hybridized carbons (Fsp3) is 0.154. The molecule has 19 heavy (non-hydrogen) atoms. The number of hydrogen-bond acceptors (Lipinski definition) is 5. The Bertz CT molecular complexity index is 569. The normalized spacial score (nSPS) is 9.95. The first-order valence-corrected chi connectivity index (χ1v) is 5.61. The number of nitrogen functional groups attached to an aromatic ring is 1. The monoisotopic (exact) mass is 258 g/mol. The molecule has 1 aromatic heterocycles. The van der Waals surface area contributed by atoms with Gasteiger partial charge in [-0.15, -0.1) is 0 Å². The lowest BCUT2D eigenvalue weighted by Gasteiger charge is -2.06. The molecule has 0 atom stereocenters. The summed E-state index contributed by atoms with van der Waals surface area (Å²) >= 11 is 0. The van der Waals surface area contributed by atoms with Gasteiger partial charge in [-0.05, 0) is 17.7 Å². The van der Waals surface area contributed by atoms with Gasteiger partial charge in [-0.3, -0.25) is 5.41 Å². The van der Waals surface area contributed by atoms with E-state index in [4.69, 9.17) is 20.6 Å². The second kappa shape index (κ2) is 5.81. The highest BCUT2D eigenvalue weighted by Gasteiger charge is 2.02. The van der Waals surface area contributed by atoms with E-state index in [-0.39, 0.29) is 5.84 Å². The van der Waals surface area contributed by atoms with Crippen molar-refractivity contribution in [3.63, 3.8) is 0 Å². The van der Waals surface area contributed by atoms with Gasteiger partial charge in [-0.2, -0.15) is 0 Å². The summed E-state index contributed by atoms with van der Waals surface area (Å²) in [5.41, 5.74) is 6.58. The van der Waals surface area contributed by atoms with Crippen molar-refractivity contribution in [2.24, 2.45) is 5.73 Å². The van der Waals surface area contributed by atoms with Gasteiger partial charge in [0.15, 0.2) is 0 Å². The first-order chi connectivity index (χ1) is 9.19. The van der Waals surface area contributed by atoms with Gasteiger partial charge in [0.25, 0.3) is 0 Å². The Morgan fingerprint density at radius 2 is 2.16 bits per heavy atom. The molecule has 0 spiro atoms. The maximum absolute atomic E-state index is 7.21. The number of rotatable bonds is 5. The molecule has 0 aliphatic heterocycles. The van der Waals surface area contributed by atoms with E-state index in [1.165, 1.54) is 12.4 Å². The molecule has 2 aromatic rings. The number of hydrogen-bond donors (Lipinski definition) is 2. The second-order valence-electron chi connectivity index (χ2n) is 3.79. The van der Waals surface area contributed by atoms with Crippen LogP contribution in [0.4, 0.5) is 0 Å². The predicted octanol–water partition coefficient (Wildman–Crippen LogP) is 1.35. The standard InChI is InChI=1S/C13H14N4O2/c1-18-10-4-2-3-9(5-10)8-19-12-7-16-11(6-17-12)13(14)15/h2-7H,8H2,1H3,(H3,14,15). The number of nitrogens with two attached hydrogens (primary N) is 1. The van der Waals surface area contributed by atoms with E-state index in [0.29, 0.717) is 18.2 Å². The molecule has 0 unspecified atom stereocenters. The van der Waals surface area contributed by atoms with Crippen molar-refractivity contribution in [1.82, 2.24) is 9.97 Å². The molecular formula is C13H14N4O2. The third-order valence-corrected chi connectivity index (χ3v) is 2.42. The molecule has 0 saturated heterocycles. The number of aromatic nitrogens is 2. The van der Waals surface area contributed by atoms with Gasteiger partial charge < -0.3 is 15.2 Å². The Labute approximate surface area is 110 Å². The van der Waals surface area contributed by atoms with Crippen LogP contribution in [0.5, 0.6) is 11.6 Å². The molecule has 0 radical (unpaired) electrons. The summed E-state index contributed by atoms with van der Waals surface area (Å²) in [4.78, 5) is 7.98. The number of nitrogens with one attached hydrogen (secondary N) is 1. The summed E-state index contributed by atoms with van der Waals surface area (Å²) < 4.78 is 10.6. The van der Waals surface area contributed by atoms with E-state index >= 15 is 0 Å². The Hall–Kier alpha value is -2.63. The highest BCUT2D eigenvalue weighted by Crippen LogP contribution is 2.14. The first-order valence-electron chi connectivity index (χ1n) is 5.61. The van der Waals surface area contributed by atoms with Crippen molar-refractivity contribution in [2.45, 2.75) is 6.61 Å². The van der Waals surface area contributed by atoms with E-state index in [1.807, 2.05) is 24.3 Å². The lowest BCUT2D eigenvalue weighted by Crippen LogP contribution is -2.13. The molecule has 0 amide bonds. The Balaban J connectivity index is 1.99. The van der Waals surface area contributed by atoms with Crippen LogP contribution in [0, 0.1) is 5.41 Å². The maximum Gasteiger partial charge on any atom is 0.232 e. The van der Waals surface area contributed by atoms with Gasteiger partial charge in [-0.25, -0.2) is 9.97 Å². The third kappa shape index (κ3) is 3.41. The van der Waals surface area contributed by atoms with Crippen LogP contribution >= 0.6 is 0 Å². The largest absolute Gasteiger partial charge is 0.497 e. The SMILES string of the molecule is COc1cccc(COc2cnc(C(=N)N)cn2)c1. The minimum atomic E-state index is -0.119. The van der Waals surface area contributed by atoms with Crippen LogP contribution in [0.2, 0.25) is 0 Å². The van der Waals surface area contributed by atoms with Crippen molar-refractivity contribution in [1.29, 1.82) is 5.41 Å². The highest BCUT2D eigenvalue weighted by molar-refractivity contribution is 5.92. The molecule has 2 rings (SSSR count). The zero-order valence-corrected chi connectivity index (χ0v) is 10.5. The second-order valence-corrected chi connectivity index (χ2v) is 3.79. The minimum Gasteiger partial charge on any atom is -0.497 e. The first kappa shape index (κ1) is 12.8. The Morgan fingerprint density at radius 3 is 2.79 bits per heavy atom. The molecular weight excluding hydrogens is 244 g/mol. The van der Waals surface area contributed by atoms with Crippen LogP contribution in [-0.2, 0) is 6.61 Å². The molecule has 3 N–H and O–H groups in total. The number of amidine groups is 1. The average molecular weight is 258 g/mol. The molecule has 6 heteroatoms. The zero-order valence-electron chi connectivity index (χ0n) is 10.5. The van der Waals surface area contributed by atoms with E-state index < -0.39 is 0 Å². The molecule has 0 aliphatic rings. The van der Waals surface area contributed by atoms with Crippen LogP contribution < -0.4 is 15.2 Å². The predicted molar refractivity (Wildman–Crippen MR) is 70.4 cm³/mol. The third-order valence-electron chi connectivity index (χ3n) is 2.42. The van der Waals surface area contributed by atoms with Crippen LogP contribution in [0.1, 0.15) is 11.3 Å². The average Bonchev–Trinajstić information content (AvgIpc) is 2.46. The lowest BCUT2D eigenvalue weighted by atomic mass is 10.2. The van der Waals surface area contributed by atoms with E-state index in [0.717, 1.165) is 11.3 Å². The summed E-state index contributed by atoms with van der Waals surface area (Å²) in [5.74, 6) is 1.04. The van der Waals surface area contributed by atoms with Crippen LogP contribution in [0.3, 0.4) is 0 Å². The smallest absolute Gasteiger partial charge is 0.232 e. The summed E-state index contributed by atoms with van der Waals surface area (Å²) in [6, 6.07) is 7.57. The fourth-order valence-electron chi connectivity index (χ4n) is 1.45. The number of benzene rings is 1. The molecule has 98 valence electrons. The number of ether oxygens (including phenoxy) is 2. The van der Waals surface area contributed by atoms with Gasteiger partial charge in [-0.1, -0.05) is 12.1 Å². The van der Waals surface area contributed by atoms with E-state index in [9.17, 15) is 0 Å². The molecule has 0 aliphatic carbocycles. The molecule has 0 fully saturated rings. The van der Waals surface area contributed by atoms with Crippen molar-refractivity contribution in [2.75, 3.05) is 7.11 Å². The topological polar surface area (TPSA) is 94.1 Å². The summed E-state index contributed by atoms with van der Waals surface area (Å²) in [6.45, 7) is 0.366.